The lowest BCUT2D eigenvalue weighted by Gasteiger charge is -2.33. The van der Waals surface area contributed by atoms with Crippen LogP contribution >= 0.6 is 0 Å². The second-order valence-electron chi connectivity index (χ2n) is 4.96. The van der Waals surface area contributed by atoms with Gasteiger partial charge in [0, 0.05) is 12.6 Å². The SMILES string of the molecule is Cc1cc(F)c(C(=O)N2CCCCC2C)cc1O. The van der Waals surface area contributed by atoms with E-state index < -0.39 is 5.82 Å². The lowest BCUT2D eigenvalue weighted by atomic mass is 10.0. The van der Waals surface area contributed by atoms with Crippen LogP contribution in [0.3, 0.4) is 0 Å². The summed E-state index contributed by atoms with van der Waals surface area (Å²) in [7, 11) is 0. The monoisotopic (exact) mass is 251 g/mol. The second kappa shape index (κ2) is 4.96. The van der Waals surface area contributed by atoms with Gasteiger partial charge in [0.1, 0.15) is 11.6 Å². The third-order valence-corrected chi connectivity index (χ3v) is 3.58. The molecule has 1 fully saturated rings. The predicted octanol–water partition coefficient (Wildman–Crippen LogP) is 2.85. The van der Waals surface area contributed by atoms with Crippen molar-refractivity contribution in [2.45, 2.75) is 39.2 Å². The number of benzene rings is 1. The normalized spacial score (nSPS) is 19.9. The third-order valence-electron chi connectivity index (χ3n) is 3.58. The summed E-state index contributed by atoms with van der Waals surface area (Å²) in [5.41, 5.74) is 0.405. The van der Waals surface area contributed by atoms with Gasteiger partial charge in [-0.15, -0.1) is 0 Å². The zero-order valence-electron chi connectivity index (χ0n) is 10.7. The van der Waals surface area contributed by atoms with Crippen molar-refractivity contribution < 1.29 is 14.3 Å². The van der Waals surface area contributed by atoms with Crippen LogP contribution < -0.4 is 0 Å². The fourth-order valence-electron chi connectivity index (χ4n) is 2.38. The van der Waals surface area contributed by atoms with E-state index in [2.05, 4.69) is 0 Å². The zero-order valence-corrected chi connectivity index (χ0v) is 10.7. The number of aryl methyl sites for hydroxylation is 1. The highest BCUT2D eigenvalue weighted by molar-refractivity contribution is 5.95. The van der Waals surface area contributed by atoms with Gasteiger partial charge in [0.25, 0.3) is 5.91 Å². The van der Waals surface area contributed by atoms with E-state index in [-0.39, 0.29) is 23.3 Å². The number of carbonyl (C=O) groups excluding carboxylic acids is 1. The number of halogens is 1. The number of nitrogens with zero attached hydrogens (tertiary/aromatic N) is 1. The van der Waals surface area contributed by atoms with Crippen molar-refractivity contribution in [1.82, 2.24) is 4.90 Å². The number of hydrogen-bond donors (Lipinski definition) is 1. The molecular formula is C14H18FNO2. The summed E-state index contributed by atoms with van der Waals surface area (Å²) in [4.78, 5) is 14.0. The van der Waals surface area contributed by atoms with E-state index in [0.717, 1.165) is 19.3 Å². The molecule has 1 N–H and O–H groups in total. The molecule has 18 heavy (non-hydrogen) atoms. The third kappa shape index (κ3) is 2.33. The molecule has 1 aliphatic rings. The van der Waals surface area contributed by atoms with Crippen LogP contribution in [0.25, 0.3) is 0 Å². The summed E-state index contributed by atoms with van der Waals surface area (Å²) in [6.45, 7) is 4.24. The van der Waals surface area contributed by atoms with Crippen LogP contribution in [0.5, 0.6) is 5.75 Å². The minimum Gasteiger partial charge on any atom is -0.508 e. The van der Waals surface area contributed by atoms with Gasteiger partial charge >= 0.3 is 0 Å². The smallest absolute Gasteiger partial charge is 0.257 e. The van der Waals surface area contributed by atoms with Gasteiger partial charge in [0.05, 0.1) is 5.56 Å². The van der Waals surface area contributed by atoms with Gasteiger partial charge in [-0.25, -0.2) is 4.39 Å². The molecule has 1 unspecified atom stereocenters. The van der Waals surface area contributed by atoms with E-state index in [1.165, 1.54) is 12.1 Å². The van der Waals surface area contributed by atoms with Gasteiger partial charge in [0.15, 0.2) is 0 Å². The summed E-state index contributed by atoms with van der Waals surface area (Å²) < 4.78 is 13.8. The number of amides is 1. The molecule has 1 saturated heterocycles. The molecule has 0 aliphatic carbocycles. The van der Waals surface area contributed by atoms with Crippen molar-refractivity contribution >= 4 is 5.91 Å². The molecule has 3 nitrogen and oxygen atoms in total. The molecule has 0 saturated carbocycles. The molecule has 1 amide bonds. The number of rotatable bonds is 1. The zero-order chi connectivity index (χ0) is 13.3. The van der Waals surface area contributed by atoms with Gasteiger partial charge in [-0.05, 0) is 50.8 Å². The summed E-state index contributed by atoms with van der Waals surface area (Å²) in [5, 5.41) is 9.60. The Morgan fingerprint density at radius 1 is 1.44 bits per heavy atom. The first-order valence-electron chi connectivity index (χ1n) is 6.31. The quantitative estimate of drug-likeness (QED) is 0.833. The Balaban J connectivity index is 2.30. The number of hydrogen-bond acceptors (Lipinski definition) is 2. The van der Waals surface area contributed by atoms with E-state index >= 15 is 0 Å². The maximum atomic E-state index is 13.8. The average molecular weight is 251 g/mol. The van der Waals surface area contributed by atoms with Gasteiger partial charge < -0.3 is 10.0 Å². The minimum absolute atomic E-state index is 0.0353. The number of carbonyl (C=O) groups is 1. The van der Waals surface area contributed by atoms with Crippen molar-refractivity contribution in [3.63, 3.8) is 0 Å². The van der Waals surface area contributed by atoms with Gasteiger partial charge in [0.2, 0.25) is 0 Å². The number of phenolic OH excluding ortho intramolecular Hbond substituents is 1. The lowest BCUT2D eigenvalue weighted by molar-refractivity contribution is 0.0630. The standard InChI is InChI=1S/C14H18FNO2/c1-9-7-12(15)11(8-13(9)17)14(18)16-6-4-3-5-10(16)2/h7-8,10,17H,3-6H2,1-2H3. The van der Waals surface area contributed by atoms with E-state index in [1.54, 1.807) is 11.8 Å². The summed E-state index contributed by atoms with van der Waals surface area (Å²) in [6.07, 6.45) is 3.01. The summed E-state index contributed by atoms with van der Waals surface area (Å²) >= 11 is 0. The van der Waals surface area contributed by atoms with Gasteiger partial charge in [-0.1, -0.05) is 0 Å². The number of piperidine rings is 1. The van der Waals surface area contributed by atoms with Crippen LogP contribution in [0.2, 0.25) is 0 Å². The van der Waals surface area contributed by atoms with E-state index in [9.17, 15) is 14.3 Å². The highest BCUT2D eigenvalue weighted by atomic mass is 19.1. The molecule has 98 valence electrons. The predicted molar refractivity (Wildman–Crippen MR) is 67.2 cm³/mol. The Morgan fingerprint density at radius 3 is 2.83 bits per heavy atom. The number of phenols is 1. The van der Waals surface area contributed by atoms with Crippen LogP contribution in [0, 0.1) is 12.7 Å². The number of aromatic hydroxyl groups is 1. The fraction of sp³-hybridized carbons (Fsp3) is 0.500. The molecule has 0 spiro atoms. The minimum atomic E-state index is -0.562. The molecule has 1 aliphatic heterocycles. The summed E-state index contributed by atoms with van der Waals surface area (Å²) in [5.74, 6) is -0.924. The Bertz CT molecular complexity index is 473. The number of likely N-dealkylation sites (tertiary alicyclic amines) is 1. The maximum Gasteiger partial charge on any atom is 0.257 e. The molecule has 0 radical (unpaired) electrons. The second-order valence-corrected chi connectivity index (χ2v) is 4.96. The molecular weight excluding hydrogens is 233 g/mol. The van der Waals surface area contributed by atoms with Crippen LogP contribution in [-0.4, -0.2) is 28.5 Å². The first-order chi connectivity index (χ1) is 8.50. The van der Waals surface area contributed by atoms with Crippen molar-refractivity contribution in [3.8, 4) is 5.75 Å². The highest BCUT2D eigenvalue weighted by Gasteiger charge is 2.26. The molecule has 4 heteroatoms. The van der Waals surface area contributed by atoms with Crippen LogP contribution in [-0.2, 0) is 0 Å². The first-order valence-corrected chi connectivity index (χ1v) is 6.31. The Hall–Kier alpha value is -1.58. The fourth-order valence-corrected chi connectivity index (χ4v) is 2.38. The molecule has 0 bridgehead atoms. The maximum absolute atomic E-state index is 13.8. The molecule has 1 aromatic carbocycles. The summed E-state index contributed by atoms with van der Waals surface area (Å²) in [6, 6.07) is 2.57. The Morgan fingerprint density at radius 2 is 2.17 bits per heavy atom. The van der Waals surface area contributed by atoms with Crippen molar-refractivity contribution in [3.05, 3.63) is 29.1 Å². The molecule has 1 heterocycles. The highest BCUT2D eigenvalue weighted by Crippen LogP contribution is 2.25. The first kappa shape index (κ1) is 12.9. The van der Waals surface area contributed by atoms with Crippen LogP contribution in [0.4, 0.5) is 4.39 Å². The lowest BCUT2D eigenvalue weighted by Crippen LogP contribution is -2.42. The van der Waals surface area contributed by atoms with Crippen molar-refractivity contribution in [1.29, 1.82) is 0 Å². The van der Waals surface area contributed by atoms with Gasteiger partial charge in [-0.2, -0.15) is 0 Å². The Labute approximate surface area is 106 Å². The molecule has 1 atom stereocenters. The average Bonchev–Trinajstić information content (AvgIpc) is 2.33. The topological polar surface area (TPSA) is 40.5 Å². The molecule has 0 aromatic heterocycles. The molecule has 1 aromatic rings. The van der Waals surface area contributed by atoms with Gasteiger partial charge in [-0.3, -0.25) is 4.79 Å². The van der Waals surface area contributed by atoms with E-state index in [4.69, 9.17) is 0 Å². The van der Waals surface area contributed by atoms with Crippen LogP contribution in [0.15, 0.2) is 12.1 Å². The van der Waals surface area contributed by atoms with Crippen molar-refractivity contribution in [2.75, 3.05) is 6.54 Å². The molecule has 2 rings (SSSR count). The van der Waals surface area contributed by atoms with E-state index in [0.29, 0.717) is 12.1 Å². The van der Waals surface area contributed by atoms with Crippen molar-refractivity contribution in [2.24, 2.45) is 0 Å². The Kier molecular flexibility index (Phi) is 3.55. The van der Waals surface area contributed by atoms with Crippen LogP contribution in [0.1, 0.15) is 42.1 Å². The largest absolute Gasteiger partial charge is 0.508 e. The van der Waals surface area contributed by atoms with E-state index in [1.807, 2.05) is 6.92 Å².